The van der Waals surface area contributed by atoms with Crippen molar-refractivity contribution in [2.24, 2.45) is 0 Å². The lowest BCUT2D eigenvalue weighted by Gasteiger charge is -2.14. The van der Waals surface area contributed by atoms with Gasteiger partial charge in [0.2, 0.25) is 15.9 Å². The summed E-state index contributed by atoms with van der Waals surface area (Å²) in [5.74, 6) is -0.402. The Bertz CT molecular complexity index is 533. The van der Waals surface area contributed by atoms with Gasteiger partial charge in [0.1, 0.15) is 4.90 Å². The van der Waals surface area contributed by atoms with Gasteiger partial charge in [0.15, 0.2) is 0 Å². The van der Waals surface area contributed by atoms with Crippen LogP contribution in [0.25, 0.3) is 0 Å². The van der Waals surface area contributed by atoms with Gasteiger partial charge in [0.05, 0.1) is 11.1 Å². The van der Waals surface area contributed by atoms with Gasteiger partial charge in [-0.15, -0.1) is 0 Å². The topological polar surface area (TPSA) is 88.2 Å². The molecule has 1 aromatic rings. The van der Waals surface area contributed by atoms with Crippen molar-refractivity contribution in [1.82, 2.24) is 15.0 Å². The molecule has 1 rings (SSSR count). The van der Waals surface area contributed by atoms with Crippen LogP contribution in [-0.2, 0) is 14.8 Å². The molecule has 1 amide bonds. The average molecular weight is 292 g/mol. The summed E-state index contributed by atoms with van der Waals surface area (Å²) in [6.45, 7) is 3.63. The van der Waals surface area contributed by atoms with E-state index in [1.807, 2.05) is 0 Å². The molecular formula is C10H14ClN3O3S. The van der Waals surface area contributed by atoms with Crippen molar-refractivity contribution in [2.45, 2.75) is 24.8 Å². The van der Waals surface area contributed by atoms with Crippen molar-refractivity contribution in [1.29, 1.82) is 0 Å². The molecule has 18 heavy (non-hydrogen) atoms. The minimum Gasteiger partial charge on any atom is -0.355 e. The number of hydrogen-bond donors (Lipinski definition) is 2. The first-order valence-electron chi connectivity index (χ1n) is 5.28. The van der Waals surface area contributed by atoms with Crippen LogP contribution >= 0.6 is 11.6 Å². The average Bonchev–Trinajstić information content (AvgIpc) is 2.29. The zero-order chi connectivity index (χ0) is 13.8. The smallest absolute Gasteiger partial charge is 0.244 e. The van der Waals surface area contributed by atoms with E-state index in [0.29, 0.717) is 6.54 Å². The van der Waals surface area contributed by atoms with Crippen LogP contribution in [0.5, 0.6) is 0 Å². The molecule has 0 bridgehead atoms. The molecule has 0 aromatic carbocycles. The van der Waals surface area contributed by atoms with Crippen molar-refractivity contribution in [3.63, 3.8) is 0 Å². The molecule has 0 radical (unpaired) electrons. The number of halogens is 1. The van der Waals surface area contributed by atoms with Gasteiger partial charge in [-0.05, 0) is 19.9 Å². The highest BCUT2D eigenvalue weighted by Gasteiger charge is 2.23. The first kappa shape index (κ1) is 14.9. The Morgan fingerprint density at radius 3 is 2.78 bits per heavy atom. The maximum atomic E-state index is 12.0. The lowest BCUT2D eigenvalue weighted by Crippen LogP contribution is -2.44. The van der Waals surface area contributed by atoms with Crippen LogP contribution < -0.4 is 10.0 Å². The third-order valence-electron chi connectivity index (χ3n) is 2.10. The molecule has 8 heteroatoms. The third-order valence-corrected chi connectivity index (χ3v) is 4.11. The number of sulfonamides is 1. The molecular weight excluding hydrogens is 278 g/mol. The van der Waals surface area contributed by atoms with Crippen LogP contribution in [-0.4, -0.2) is 31.9 Å². The highest BCUT2D eigenvalue weighted by molar-refractivity contribution is 7.89. The molecule has 100 valence electrons. The lowest BCUT2D eigenvalue weighted by atomic mass is 10.3. The van der Waals surface area contributed by atoms with Gasteiger partial charge in [0, 0.05) is 18.9 Å². The van der Waals surface area contributed by atoms with Crippen molar-refractivity contribution in [2.75, 3.05) is 6.54 Å². The predicted octanol–water partition coefficient (Wildman–Crippen LogP) is 0.538. The van der Waals surface area contributed by atoms with E-state index in [1.165, 1.54) is 19.2 Å². The van der Waals surface area contributed by atoms with Gasteiger partial charge < -0.3 is 5.32 Å². The van der Waals surface area contributed by atoms with Crippen molar-refractivity contribution in [3.8, 4) is 0 Å². The molecule has 0 aliphatic carbocycles. The fraction of sp³-hybridized carbons (Fsp3) is 0.400. The summed E-state index contributed by atoms with van der Waals surface area (Å²) in [6, 6.07) is 0.485. The van der Waals surface area contributed by atoms with Gasteiger partial charge in [-0.25, -0.2) is 8.42 Å². The molecule has 1 unspecified atom stereocenters. The molecule has 0 saturated heterocycles. The number of rotatable bonds is 5. The standard InChI is InChI=1S/C10H14ClN3O3S/c1-3-13-10(15)7(2)14-18(16,17)9-6-12-5-4-8(9)11/h4-7,14H,3H2,1-2H3,(H,13,15). The number of hydrogen-bond acceptors (Lipinski definition) is 4. The SMILES string of the molecule is CCNC(=O)C(C)NS(=O)(=O)c1cnccc1Cl. The first-order chi connectivity index (χ1) is 8.38. The molecule has 1 aromatic heterocycles. The van der Waals surface area contributed by atoms with E-state index in [-0.39, 0.29) is 9.92 Å². The molecule has 0 aliphatic rings. The van der Waals surface area contributed by atoms with E-state index in [4.69, 9.17) is 11.6 Å². The predicted molar refractivity (Wildman–Crippen MR) is 67.7 cm³/mol. The first-order valence-corrected chi connectivity index (χ1v) is 7.14. The molecule has 1 heterocycles. The number of amides is 1. The Hall–Kier alpha value is -1.18. The van der Waals surface area contributed by atoms with Gasteiger partial charge >= 0.3 is 0 Å². The summed E-state index contributed by atoms with van der Waals surface area (Å²) in [7, 11) is -3.86. The largest absolute Gasteiger partial charge is 0.355 e. The number of likely N-dealkylation sites (N-methyl/N-ethyl adjacent to an activating group) is 1. The molecule has 0 spiro atoms. The molecule has 2 N–H and O–H groups in total. The molecule has 0 saturated carbocycles. The fourth-order valence-electron chi connectivity index (χ4n) is 1.24. The number of pyridine rings is 1. The van der Waals surface area contributed by atoms with Gasteiger partial charge in [0.25, 0.3) is 0 Å². The van der Waals surface area contributed by atoms with Crippen LogP contribution in [0.3, 0.4) is 0 Å². The second-order valence-corrected chi connectivity index (χ2v) is 5.63. The molecule has 0 aliphatic heterocycles. The van der Waals surface area contributed by atoms with E-state index in [9.17, 15) is 13.2 Å². The zero-order valence-electron chi connectivity index (χ0n) is 9.97. The fourth-order valence-corrected chi connectivity index (χ4v) is 2.87. The minimum atomic E-state index is -3.86. The Morgan fingerprint density at radius 1 is 1.56 bits per heavy atom. The van der Waals surface area contributed by atoms with Crippen molar-refractivity contribution >= 4 is 27.5 Å². The van der Waals surface area contributed by atoms with Crippen molar-refractivity contribution in [3.05, 3.63) is 23.5 Å². The Balaban J connectivity index is 2.90. The Labute approximate surface area is 111 Å². The maximum Gasteiger partial charge on any atom is 0.244 e. The highest BCUT2D eigenvalue weighted by Crippen LogP contribution is 2.19. The number of carbonyl (C=O) groups is 1. The monoisotopic (exact) mass is 291 g/mol. The minimum absolute atomic E-state index is 0.0561. The van der Waals surface area contributed by atoms with Gasteiger partial charge in [-0.1, -0.05) is 11.6 Å². The number of nitrogens with zero attached hydrogens (tertiary/aromatic N) is 1. The van der Waals surface area contributed by atoms with Crippen LogP contribution in [0.2, 0.25) is 5.02 Å². The summed E-state index contributed by atoms with van der Waals surface area (Å²) in [4.78, 5) is 15.0. The van der Waals surface area contributed by atoms with Crippen LogP contribution in [0.15, 0.2) is 23.4 Å². The van der Waals surface area contributed by atoms with Crippen LogP contribution in [0.4, 0.5) is 0 Å². The summed E-state index contributed by atoms with van der Waals surface area (Å²) >= 11 is 5.77. The van der Waals surface area contributed by atoms with E-state index in [0.717, 1.165) is 6.20 Å². The zero-order valence-corrected chi connectivity index (χ0v) is 11.5. The van der Waals surface area contributed by atoms with Crippen molar-refractivity contribution < 1.29 is 13.2 Å². The quantitative estimate of drug-likeness (QED) is 0.829. The number of carbonyl (C=O) groups excluding carboxylic acids is 1. The summed E-state index contributed by atoms with van der Waals surface area (Å²) < 4.78 is 26.1. The molecule has 0 fully saturated rings. The maximum absolute atomic E-state index is 12.0. The highest BCUT2D eigenvalue weighted by atomic mass is 35.5. The van der Waals surface area contributed by atoms with E-state index in [1.54, 1.807) is 6.92 Å². The second kappa shape index (κ2) is 6.12. The number of aromatic nitrogens is 1. The summed E-state index contributed by atoms with van der Waals surface area (Å²) in [5.41, 5.74) is 0. The summed E-state index contributed by atoms with van der Waals surface area (Å²) in [6.07, 6.45) is 2.52. The lowest BCUT2D eigenvalue weighted by molar-refractivity contribution is -0.122. The second-order valence-electron chi connectivity index (χ2n) is 3.54. The number of nitrogens with one attached hydrogen (secondary N) is 2. The van der Waals surface area contributed by atoms with Gasteiger partial charge in [-0.3, -0.25) is 9.78 Å². The molecule has 6 nitrogen and oxygen atoms in total. The van der Waals surface area contributed by atoms with Gasteiger partial charge in [-0.2, -0.15) is 4.72 Å². The van der Waals surface area contributed by atoms with E-state index < -0.39 is 22.0 Å². The Morgan fingerprint density at radius 2 is 2.22 bits per heavy atom. The third kappa shape index (κ3) is 3.66. The van der Waals surface area contributed by atoms with Crippen LogP contribution in [0.1, 0.15) is 13.8 Å². The normalized spacial score (nSPS) is 13.1. The molecule has 1 atom stereocenters. The van der Waals surface area contributed by atoms with E-state index in [2.05, 4.69) is 15.0 Å². The Kier molecular flexibility index (Phi) is 5.06. The van der Waals surface area contributed by atoms with E-state index >= 15 is 0 Å². The summed E-state index contributed by atoms with van der Waals surface area (Å²) in [5, 5.41) is 2.58. The van der Waals surface area contributed by atoms with Crippen LogP contribution in [0, 0.1) is 0 Å².